The van der Waals surface area contributed by atoms with Crippen LogP contribution in [-0.2, 0) is 6.54 Å². The fraction of sp³-hybridized carbons (Fsp3) is 0.455. The van der Waals surface area contributed by atoms with Gasteiger partial charge >= 0.3 is 0 Å². The Morgan fingerprint density at radius 2 is 1.93 bits per heavy atom. The van der Waals surface area contributed by atoms with Gasteiger partial charge in [-0.05, 0) is 12.1 Å². The number of hydrogen-bond donors (Lipinski definition) is 2. The van der Waals surface area contributed by atoms with Gasteiger partial charge in [-0.3, -0.25) is 0 Å². The van der Waals surface area contributed by atoms with E-state index in [1.54, 1.807) is 14.2 Å². The standard InChI is InChI=1S/C11H15NO3/c1-14-9-3-4-10(15-2)11-7(9)5-12-6-8(11)13/h3-4,8,12-13H,5-6H2,1-2H3/p+1/t8-/m1/s1. The monoisotopic (exact) mass is 210 g/mol. The molecule has 0 aliphatic carbocycles. The van der Waals surface area contributed by atoms with Crippen LogP contribution in [0.4, 0.5) is 0 Å². The predicted octanol–water partition coefficient (Wildman–Crippen LogP) is -0.186. The van der Waals surface area contributed by atoms with E-state index in [2.05, 4.69) is 5.32 Å². The molecule has 0 bridgehead atoms. The van der Waals surface area contributed by atoms with Crippen LogP contribution in [-0.4, -0.2) is 25.9 Å². The number of quaternary nitrogens is 1. The molecule has 1 aliphatic heterocycles. The molecule has 0 radical (unpaired) electrons. The average Bonchev–Trinajstić information content (AvgIpc) is 2.28. The van der Waals surface area contributed by atoms with Gasteiger partial charge in [-0.15, -0.1) is 0 Å². The normalized spacial score (nSPS) is 19.5. The SMILES string of the molecule is COc1ccc(OC)c2c1C[NH2+]C[C@H]2O. The molecular weight excluding hydrogens is 194 g/mol. The van der Waals surface area contributed by atoms with Gasteiger partial charge in [0.25, 0.3) is 0 Å². The van der Waals surface area contributed by atoms with Gasteiger partial charge in [0.15, 0.2) is 0 Å². The zero-order chi connectivity index (χ0) is 10.8. The molecule has 0 saturated carbocycles. The number of aliphatic hydroxyl groups is 1. The second-order valence-corrected chi connectivity index (χ2v) is 3.61. The maximum absolute atomic E-state index is 9.93. The Morgan fingerprint density at radius 3 is 2.60 bits per heavy atom. The van der Waals surface area contributed by atoms with Crippen molar-refractivity contribution >= 4 is 0 Å². The van der Waals surface area contributed by atoms with E-state index in [-0.39, 0.29) is 0 Å². The van der Waals surface area contributed by atoms with Crippen molar-refractivity contribution in [2.24, 2.45) is 0 Å². The minimum absolute atomic E-state index is 0.473. The van der Waals surface area contributed by atoms with Crippen molar-refractivity contribution in [3.8, 4) is 11.5 Å². The van der Waals surface area contributed by atoms with Crippen LogP contribution in [0.3, 0.4) is 0 Å². The number of ether oxygens (including phenoxy) is 2. The highest BCUT2D eigenvalue weighted by Crippen LogP contribution is 2.35. The summed E-state index contributed by atoms with van der Waals surface area (Å²) in [4.78, 5) is 0. The van der Waals surface area contributed by atoms with Crippen molar-refractivity contribution in [3.63, 3.8) is 0 Å². The van der Waals surface area contributed by atoms with Gasteiger partial charge in [0.05, 0.1) is 19.8 Å². The number of hydrogen-bond acceptors (Lipinski definition) is 3. The van der Waals surface area contributed by atoms with Crippen molar-refractivity contribution in [3.05, 3.63) is 23.3 Å². The summed E-state index contributed by atoms with van der Waals surface area (Å²) >= 11 is 0. The lowest BCUT2D eigenvalue weighted by atomic mass is 9.96. The zero-order valence-corrected chi connectivity index (χ0v) is 8.99. The Morgan fingerprint density at radius 1 is 1.27 bits per heavy atom. The minimum atomic E-state index is -0.473. The largest absolute Gasteiger partial charge is 0.496 e. The lowest BCUT2D eigenvalue weighted by molar-refractivity contribution is -0.681. The molecule has 1 atom stereocenters. The van der Waals surface area contributed by atoms with Crippen LogP contribution in [0.5, 0.6) is 11.5 Å². The predicted molar refractivity (Wildman–Crippen MR) is 55.0 cm³/mol. The van der Waals surface area contributed by atoms with Crippen LogP contribution < -0.4 is 14.8 Å². The molecule has 15 heavy (non-hydrogen) atoms. The first-order valence-corrected chi connectivity index (χ1v) is 5.01. The molecule has 1 aliphatic rings. The summed E-state index contributed by atoms with van der Waals surface area (Å²) < 4.78 is 10.5. The molecule has 2 rings (SSSR count). The minimum Gasteiger partial charge on any atom is -0.496 e. The lowest BCUT2D eigenvalue weighted by Crippen LogP contribution is -2.85. The molecule has 4 heteroatoms. The molecule has 1 heterocycles. The number of aliphatic hydroxyl groups excluding tert-OH is 1. The number of methoxy groups -OCH3 is 2. The Kier molecular flexibility index (Phi) is 2.79. The van der Waals surface area contributed by atoms with E-state index in [1.165, 1.54) is 0 Å². The third-order valence-electron chi connectivity index (χ3n) is 2.79. The van der Waals surface area contributed by atoms with Crippen molar-refractivity contribution in [2.45, 2.75) is 12.6 Å². The summed E-state index contributed by atoms with van der Waals surface area (Å²) in [6.07, 6.45) is -0.473. The molecule has 1 aromatic carbocycles. The summed E-state index contributed by atoms with van der Waals surface area (Å²) in [5.41, 5.74) is 1.91. The Bertz CT molecular complexity index is 365. The first-order valence-electron chi connectivity index (χ1n) is 5.01. The Balaban J connectivity index is 2.56. The fourth-order valence-corrected chi connectivity index (χ4v) is 2.07. The Labute approximate surface area is 88.8 Å². The number of benzene rings is 1. The van der Waals surface area contributed by atoms with E-state index in [0.717, 1.165) is 29.2 Å². The molecule has 0 fully saturated rings. The molecule has 82 valence electrons. The van der Waals surface area contributed by atoms with Gasteiger partial charge in [-0.1, -0.05) is 0 Å². The molecule has 0 amide bonds. The summed E-state index contributed by atoms with van der Waals surface area (Å²) in [6, 6.07) is 3.72. The molecule has 0 aromatic heterocycles. The molecule has 4 nitrogen and oxygen atoms in total. The van der Waals surface area contributed by atoms with Gasteiger partial charge in [-0.25, -0.2) is 0 Å². The highest BCUT2D eigenvalue weighted by Gasteiger charge is 2.27. The second kappa shape index (κ2) is 4.08. The molecule has 0 spiro atoms. The van der Waals surface area contributed by atoms with E-state index in [1.807, 2.05) is 12.1 Å². The van der Waals surface area contributed by atoms with Gasteiger partial charge in [-0.2, -0.15) is 0 Å². The lowest BCUT2D eigenvalue weighted by Gasteiger charge is -2.23. The van der Waals surface area contributed by atoms with Gasteiger partial charge in [0.2, 0.25) is 0 Å². The quantitative estimate of drug-likeness (QED) is 0.711. The topological polar surface area (TPSA) is 55.3 Å². The smallest absolute Gasteiger partial charge is 0.132 e. The molecule has 0 saturated heterocycles. The fourth-order valence-electron chi connectivity index (χ4n) is 2.07. The van der Waals surface area contributed by atoms with Crippen LogP contribution >= 0.6 is 0 Å². The number of fused-ring (bicyclic) bond motifs is 1. The second-order valence-electron chi connectivity index (χ2n) is 3.61. The third-order valence-corrected chi connectivity index (χ3v) is 2.79. The van der Waals surface area contributed by atoms with E-state index < -0.39 is 6.10 Å². The van der Waals surface area contributed by atoms with Crippen LogP contribution in [0.15, 0.2) is 12.1 Å². The van der Waals surface area contributed by atoms with E-state index in [0.29, 0.717) is 6.54 Å². The average molecular weight is 210 g/mol. The van der Waals surface area contributed by atoms with Crippen LogP contribution in [0.25, 0.3) is 0 Å². The molecule has 3 N–H and O–H groups in total. The van der Waals surface area contributed by atoms with Gasteiger partial charge in [0.1, 0.15) is 30.7 Å². The molecule has 1 aromatic rings. The first-order chi connectivity index (χ1) is 7.27. The maximum atomic E-state index is 9.93. The molecule has 0 unspecified atom stereocenters. The zero-order valence-electron chi connectivity index (χ0n) is 8.99. The van der Waals surface area contributed by atoms with Crippen molar-refractivity contribution in [1.82, 2.24) is 0 Å². The maximum Gasteiger partial charge on any atom is 0.132 e. The third kappa shape index (κ3) is 1.66. The van der Waals surface area contributed by atoms with Crippen LogP contribution in [0.2, 0.25) is 0 Å². The van der Waals surface area contributed by atoms with Crippen molar-refractivity contribution in [2.75, 3.05) is 20.8 Å². The Hall–Kier alpha value is -1.26. The van der Waals surface area contributed by atoms with E-state index >= 15 is 0 Å². The van der Waals surface area contributed by atoms with Crippen molar-refractivity contribution in [1.29, 1.82) is 0 Å². The number of nitrogens with two attached hydrogens (primary N) is 1. The van der Waals surface area contributed by atoms with E-state index in [4.69, 9.17) is 9.47 Å². The van der Waals surface area contributed by atoms with Gasteiger partial charge < -0.3 is 19.9 Å². The summed E-state index contributed by atoms with van der Waals surface area (Å²) in [5, 5.41) is 12.0. The van der Waals surface area contributed by atoms with Crippen LogP contribution in [0, 0.1) is 0 Å². The van der Waals surface area contributed by atoms with E-state index in [9.17, 15) is 5.11 Å². The highest BCUT2D eigenvalue weighted by atomic mass is 16.5. The molecular formula is C11H16NO3+. The summed E-state index contributed by atoms with van der Waals surface area (Å²) in [7, 11) is 3.26. The number of rotatable bonds is 2. The summed E-state index contributed by atoms with van der Waals surface area (Å²) in [6.45, 7) is 1.50. The van der Waals surface area contributed by atoms with Crippen LogP contribution in [0.1, 0.15) is 17.2 Å². The highest BCUT2D eigenvalue weighted by molar-refractivity contribution is 5.50. The summed E-state index contributed by atoms with van der Waals surface area (Å²) in [5.74, 6) is 1.56. The van der Waals surface area contributed by atoms with Gasteiger partial charge in [0, 0.05) is 5.56 Å². The van der Waals surface area contributed by atoms with Crippen molar-refractivity contribution < 1.29 is 19.9 Å². The first kappa shape index (κ1) is 10.3.